The topological polar surface area (TPSA) is 84.5 Å². The van der Waals surface area contributed by atoms with E-state index in [1.807, 2.05) is 0 Å². The van der Waals surface area contributed by atoms with E-state index in [2.05, 4.69) is 16.7 Å². The first-order valence-electron chi connectivity index (χ1n) is 9.10. The van der Waals surface area contributed by atoms with Crippen molar-refractivity contribution in [3.63, 3.8) is 0 Å². The molecule has 6 nitrogen and oxygen atoms in total. The van der Waals surface area contributed by atoms with Crippen LogP contribution in [0.2, 0.25) is 0 Å². The maximum Gasteiger partial charge on any atom is 0.338 e. The standard InChI is InChI=1S/C20H26N2O4/c1-2-26-20(25)16-8-10-17(11-9-16)22-19(24)14-18(23)21-13-12-15-6-4-3-5-7-15/h6,8-11H,2-5,7,12-14H2,1H3,(H,21,23)(H,22,24). The minimum Gasteiger partial charge on any atom is -0.462 e. The van der Waals surface area contributed by atoms with Crippen molar-refractivity contribution in [3.8, 4) is 0 Å². The summed E-state index contributed by atoms with van der Waals surface area (Å²) in [7, 11) is 0. The third-order valence-corrected chi connectivity index (χ3v) is 4.15. The molecule has 0 radical (unpaired) electrons. The molecule has 0 spiro atoms. The van der Waals surface area contributed by atoms with E-state index in [-0.39, 0.29) is 18.2 Å². The van der Waals surface area contributed by atoms with E-state index < -0.39 is 5.97 Å². The Morgan fingerprint density at radius 2 is 1.85 bits per heavy atom. The molecule has 0 fully saturated rings. The molecular weight excluding hydrogens is 332 g/mol. The molecule has 0 aromatic heterocycles. The highest BCUT2D eigenvalue weighted by Gasteiger charge is 2.11. The van der Waals surface area contributed by atoms with Gasteiger partial charge in [0.25, 0.3) is 0 Å². The molecule has 0 atom stereocenters. The minimum absolute atomic E-state index is 0.224. The lowest BCUT2D eigenvalue weighted by molar-refractivity contribution is -0.126. The SMILES string of the molecule is CCOC(=O)c1ccc(NC(=O)CC(=O)NCCC2=CCCCC2)cc1. The molecule has 6 heteroatoms. The first-order chi connectivity index (χ1) is 12.6. The molecule has 1 aromatic carbocycles. The number of carbonyl (C=O) groups excluding carboxylic acids is 3. The fraction of sp³-hybridized carbons (Fsp3) is 0.450. The Morgan fingerprint density at radius 1 is 1.08 bits per heavy atom. The summed E-state index contributed by atoms with van der Waals surface area (Å²) in [5.41, 5.74) is 2.34. The van der Waals surface area contributed by atoms with Gasteiger partial charge in [-0.2, -0.15) is 0 Å². The maximum atomic E-state index is 11.9. The largest absolute Gasteiger partial charge is 0.462 e. The number of nitrogens with one attached hydrogen (secondary N) is 2. The summed E-state index contributed by atoms with van der Waals surface area (Å²) < 4.78 is 4.90. The molecule has 26 heavy (non-hydrogen) atoms. The first-order valence-corrected chi connectivity index (χ1v) is 9.10. The summed E-state index contributed by atoms with van der Waals surface area (Å²) in [5.74, 6) is -1.08. The number of hydrogen-bond acceptors (Lipinski definition) is 4. The number of anilines is 1. The highest BCUT2D eigenvalue weighted by molar-refractivity contribution is 6.03. The molecule has 140 valence electrons. The van der Waals surface area contributed by atoms with Gasteiger partial charge in [0.2, 0.25) is 11.8 Å². The fourth-order valence-corrected chi connectivity index (χ4v) is 2.81. The Bertz CT molecular complexity index is 665. The molecule has 0 saturated carbocycles. The van der Waals surface area contributed by atoms with Gasteiger partial charge in [-0.1, -0.05) is 11.6 Å². The van der Waals surface area contributed by atoms with Gasteiger partial charge in [-0.05, 0) is 63.3 Å². The molecule has 1 aliphatic carbocycles. The van der Waals surface area contributed by atoms with Gasteiger partial charge >= 0.3 is 5.97 Å². The monoisotopic (exact) mass is 358 g/mol. The van der Waals surface area contributed by atoms with Crippen LogP contribution in [0.4, 0.5) is 5.69 Å². The van der Waals surface area contributed by atoms with Gasteiger partial charge in [0.05, 0.1) is 12.2 Å². The molecule has 1 aliphatic rings. The summed E-state index contributed by atoms with van der Waals surface area (Å²) in [6.07, 6.45) is 7.58. The van der Waals surface area contributed by atoms with Gasteiger partial charge in [0, 0.05) is 12.2 Å². The number of hydrogen-bond donors (Lipinski definition) is 2. The zero-order chi connectivity index (χ0) is 18.8. The molecule has 2 rings (SSSR count). The second-order valence-corrected chi connectivity index (χ2v) is 6.23. The Hall–Kier alpha value is -2.63. The van der Waals surface area contributed by atoms with Crippen LogP contribution in [-0.4, -0.2) is 30.9 Å². The fourth-order valence-electron chi connectivity index (χ4n) is 2.81. The predicted octanol–water partition coefficient (Wildman–Crippen LogP) is 3.20. The van der Waals surface area contributed by atoms with E-state index >= 15 is 0 Å². The van der Waals surface area contributed by atoms with Crippen LogP contribution in [0.15, 0.2) is 35.9 Å². The maximum absolute atomic E-state index is 11.9. The van der Waals surface area contributed by atoms with Crippen molar-refractivity contribution in [3.05, 3.63) is 41.5 Å². The average molecular weight is 358 g/mol. The number of rotatable bonds is 8. The summed E-state index contributed by atoms with van der Waals surface area (Å²) in [6, 6.07) is 6.37. The summed E-state index contributed by atoms with van der Waals surface area (Å²) >= 11 is 0. The third-order valence-electron chi connectivity index (χ3n) is 4.15. The summed E-state index contributed by atoms with van der Waals surface area (Å²) in [5, 5.41) is 5.43. The van der Waals surface area contributed by atoms with Crippen LogP contribution in [0, 0.1) is 0 Å². The lowest BCUT2D eigenvalue weighted by Gasteiger charge is -2.13. The second kappa shape index (κ2) is 10.4. The number of amides is 2. The molecular formula is C20H26N2O4. The van der Waals surface area contributed by atoms with E-state index in [4.69, 9.17) is 4.74 Å². The van der Waals surface area contributed by atoms with E-state index in [9.17, 15) is 14.4 Å². The number of allylic oxidation sites excluding steroid dienone is 1. The van der Waals surface area contributed by atoms with Crippen molar-refractivity contribution in [1.82, 2.24) is 5.32 Å². The number of ether oxygens (including phenoxy) is 1. The molecule has 0 heterocycles. The number of esters is 1. The van der Waals surface area contributed by atoms with Gasteiger partial charge in [0.15, 0.2) is 0 Å². The van der Waals surface area contributed by atoms with Crippen molar-refractivity contribution >= 4 is 23.5 Å². The Balaban J connectivity index is 1.71. The van der Waals surface area contributed by atoms with E-state index in [1.165, 1.54) is 18.4 Å². The van der Waals surface area contributed by atoms with E-state index in [0.717, 1.165) is 19.3 Å². The van der Waals surface area contributed by atoms with Crippen LogP contribution in [-0.2, 0) is 14.3 Å². The van der Waals surface area contributed by atoms with Crippen LogP contribution in [0.1, 0.15) is 55.8 Å². The zero-order valence-electron chi connectivity index (χ0n) is 15.2. The van der Waals surface area contributed by atoms with E-state index in [1.54, 1.807) is 31.2 Å². The highest BCUT2D eigenvalue weighted by atomic mass is 16.5. The van der Waals surface area contributed by atoms with E-state index in [0.29, 0.717) is 24.4 Å². The Labute approximate surface area is 154 Å². The Kier molecular flexibility index (Phi) is 7.86. The van der Waals surface area contributed by atoms with Crippen molar-refractivity contribution in [2.75, 3.05) is 18.5 Å². The smallest absolute Gasteiger partial charge is 0.338 e. The average Bonchev–Trinajstić information content (AvgIpc) is 2.63. The molecule has 2 N–H and O–H groups in total. The van der Waals surface area contributed by atoms with Gasteiger partial charge in [-0.25, -0.2) is 4.79 Å². The summed E-state index contributed by atoms with van der Waals surface area (Å²) in [6.45, 7) is 2.61. The van der Waals surface area contributed by atoms with Crippen molar-refractivity contribution in [2.45, 2.75) is 45.4 Å². The molecule has 1 aromatic rings. The second-order valence-electron chi connectivity index (χ2n) is 6.23. The number of carbonyl (C=O) groups is 3. The number of benzene rings is 1. The molecule has 0 saturated heterocycles. The third kappa shape index (κ3) is 6.70. The Morgan fingerprint density at radius 3 is 2.50 bits per heavy atom. The van der Waals surface area contributed by atoms with Gasteiger partial charge < -0.3 is 15.4 Å². The van der Waals surface area contributed by atoms with Gasteiger partial charge in [-0.15, -0.1) is 0 Å². The normalized spacial score (nSPS) is 13.5. The molecule has 0 aliphatic heterocycles. The van der Waals surface area contributed by atoms with Crippen LogP contribution in [0.5, 0.6) is 0 Å². The summed E-state index contributed by atoms with van der Waals surface area (Å²) in [4.78, 5) is 35.4. The molecule has 2 amide bonds. The first kappa shape index (κ1) is 19.7. The van der Waals surface area contributed by atoms with Gasteiger partial charge in [-0.3, -0.25) is 9.59 Å². The van der Waals surface area contributed by atoms with Crippen molar-refractivity contribution in [1.29, 1.82) is 0 Å². The lowest BCUT2D eigenvalue weighted by Crippen LogP contribution is -2.29. The zero-order valence-corrected chi connectivity index (χ0v) is 15.2. The highest BCUT2D eigenvalue weighted by Crippen LogP contribution is 2.19. The van der Waals surface area contributed by atoms with Crippen LogP contribution >= 0.6 is 0 Å². The van der Waals surface area contributed by atoms with Crippen LogP contribution < -0.4 is 10.6 Å². The van der Waals surface area contributed by atoms with Gasteiger partial charge in [0.1, 0.15) is 6.42 Å². The van der Waals surface area contributed by atoms with Crippen LogP contribution in [0.25, 0.3) is 0 Å². The predicted molar refractivity (Wildman–Crippen MR) is 99.8 cm³/mol. The molecule has 0 bridgehead atoms. The van der Waals surface area contributed by atoms with Crippen molar-refractivity contribution in [2.24, 2.45) is 0 Å². The molecule has 0 unspecified atom stereocenters. The minimum atomic E-state index is -0.405. The lowest BCUT2D eigenvalue weighted by atomic mass is 9.97. The quantitative estimate of drug-likeness (QED) is 0.425. The van der Waals surface area contributed by atoms with Crippen molar-refractivity contribution < 1.29 is 19.1 Å². The van der Waals surface area contributed by atoms with Crippen LogP contribution in [0.3, 0.4) is 0 Å².